The van der Waals surface area contributed by atoms with E-state index in [9.17, 15) is 19.7 Å². The summed E-state index contributed by atoms with van der Waals surface area (Å²) < 4.78 is 31.2. The molecule has 0 saturated carbocycles. The monoisotopic (exact) mass is 799 g/mol. The van der Waals surface area contributed by atoms with Crippen LogP contribution in [-0.4, -0.2) is 42.4 Å². The molecule has 0 radical (unpaired) electrons. The van der Waals surface area contributed by atoms with Crippen LogP contribution in [0.5, 0.6) is 23.0 Å². The number of rotatable bonds is 12. The average Bonchev–Trinajstić information content (AvgIpc) is 3.36. The van der Waals surface area contributed by atoms with Crippen LogP contribution in [-0.2, 0) is 16.1 Å². The second-order valence-electron chi connectivity index (χ2n) is 11.1. The number of nitro groups is 1. The number of thiazole rings is 1. The lowest BCUT2D eigenvalue weighted by Crippen LogP contribution is -2.40. The van der Waals surface area contributed by atoms with E-state index < -0.39 is 16.9 Å². The van der Waals surface area contributed by atoms with Gasteiger partial charge >= 0.3 is 5.97 Å². The predicted molar refractivity (Wildman–Crippen MR) is 192 cm³/mol. The number of hydrogen-bond donors (Lipinski definition) is 0. The fraction of sp³-hybridized carbons (Fsp3) is 0.286. The number of allylic oxidation sites excluding steroid dienone is 1. The molecule has 1 aromatic heterocycles. The lowest BCUT2D eigenvalue weighted by molar-refractivity contribution is -0.384. The zero-order valence-corrected chi connectivity index (χ0v) is 30.6. The topological polar surface area (TPSA) is 141 Å². The second-order valence-corrected chi connectivity index (χ2v) is 13.3. The van der Waals surface area contributed by atoms with Crippen LogP contribution in [0.1, 0.15) is 50.4 Å². The Labute approximate surface area is 299 Å². The molecule has 0 bridgehead atoms. The summed E-state index contributed by atoms with van der Waals surface area (Å²) in [6, 6.07) is 14.3. The Kier molecular flexibility index (Phi) is 11.1. The number of benzene rings is 3. The Morgan fingerprint density at radius 1 is 1.10 bits per heavy atom. The first-order valence-corrected chi connectivity index (χ1v) is 17.1. The second kappa shape index (κ2) is 15.2. The summed E-state index contributed by atoms with van der Waals surface area (Å²) in [4.78, 5) is 43.3. The molecule has 0 fully saturated rings. The van der Waals surface area contributed by atoms with Crippen LogP contribution in [0, 0.1) is 13.7 Å². The lowest BCUT2D eigenvalue weighted by Gasteiger charge is -2.25. The van der Waals surface area contributed by atoms with Gasteiger partial charge in [-0.1, -0.05) is 29.5 Å². The van der Waals surface area contributed by atoms with Crippen LogP contribution >= 0.6 is 33.9 Å². The van der Waals surface area contributed by atoms with Crippen molar-refractivity contribution >= 4 is 51.7 Å². The number of halogens is 1. The van der Waals surface area contributed by atoms with Gasteiger partial charge in [0.25, 0.3) is 11.2 Å². The number of esters is 1. The molecule has 14 heteroatoms. The van der Waals surface area contributed by atoms with Crippen molar-refractivity contribution < 1.29 is 33.4 Å². The van der Waals surface area contributed by atoms with Gasteiger partial charge in [-0.15, -0.1) is 0 Å². The first-order chi connectivity index (χ1) is 23.4. The normalized spacial score (nSPS) is 14.3. The summed E-state index contributed by atoms with van der Waals surface area (Å²) in [6.45, 7) is 7.51. The molecule has 5 rings (SSSR count). The molecule has 49 heavy (non-hydrogen) atoms. The van der Waals surface area contributed by atoms with Crippen LogP contribution in [0.2, 0.25) is 0 Å². The molecule has 0 saturated heterocycles. The number of fused-ring (bicyclic) bond motifs is 1. The third-order valence-corrected chi connectivity index (χ3v) is 9.22. The average molecular weight is 800 g/mol. The highest BCUT2D eigenvalue weighted by Gasteiger charge is 2.34. The van der Waals surface area contributed by atoms with Crippen molar-refractivity contribution in [3.05, 3.63) is 116 Å². The lowest BCUT2D eigenvalue weighted by atomic mass is 9.95. The maximum Gasteiger partial charge on any atom is 0.338 e. The van der Waals surface area contributed by atoms with E-state index in [1.165, 1.54) is 42.3 Å². The number of carbonyl (C=O) groups is 1. The third-order valence-electron chi connectivity index (χ3n) is 7.44. The number of nitrogens with zero attached hydrogens (tertiary/aromatic N) is 3. The molecule has 0 unspecified atom stereocenters. The van der Waals surface area contributed by atoms with Gasteiger partial charge < -0.3 is 23.7 Å². The van der Waals surface area contributed by atoms with Gasteiger partial charge in [0.2, 0.25) is 0 Å². The van der Waals surface area contributed by atoms with Crippen molar-refractivity contribution in [3.8, 4) is 23.0 Å². The summed E-state index contributed by atoms with van der Waals surface area (Å²) in [7, 11) is 3.04. The minimum Gasteiger partial charge on any atom is -0.493 e. The van der Waals surface area contributed by atoms with Crippen molar-refractivity contribution in [2.45, 2.75) is 46.4 Å². The molecule has 4 aromatic rings. The molecular weight excluding hydrogens is 765 g/mol. The molecule has 1 aliphatic heterocycles. The van der Waals surface area contributed by atoms with Gasteiger partial charge in [-0.05, 0) is 97.3 Å². The van der Waals surface area contributed by atoms with Gasteiger partial charge in [0.15, 0.2) is 27.8 Å². The first-order valence-electron chi connectivity index (χ1n) is 15.2. The van der Waals surface area contributed by atoms with E-state index in [-0.39, 0.29) is 36.1 Å². The summed E-state index contributed by atoms with van der Waals surface area (Å²) in [5, 5.41) is 11.2. The van der Waals surface area contributed by atoms with E-state index in [1.54, 1.807) is 56.3 Å². The van der Waals surface area contributed by atoms with Gasteiger partial charge in [-0.3, -0.25) is 19.5 Å². The Morgan fingerprint density at radius 2 is 1.86 bits per heavy atom. The first kappa shape index (κ1) is 35.6. The van der Waals surface area contributed by atoms with Crippen molar-refractivity contribution in [3.63, 3.8) is 0 Å². The van der Waals surface area contributed by atoms with Crippen molar-refractivity contribution in [1.82, 2.24) is 4.57 Å². The third kappa shape index (κ3) is 7.64. The quantitative estimate of drug-likeness (QED) is 0.0765. The van der Waals surface area contributed by atoms with Crippen LogP contribution < -0.4 is 33.8 Å². The standard InChI is InChI=1S/C35H34IN3O9S/c1-7-46-34(41)30-20(4)37-35-38(31(30)23-11-12-26(48-19(2)3)27(17-23)44-5)33(40)29(49-35)16-22-14-25(36)32(28(15-22)45-6)47-18-21-9-8-10-24(13-21)39(42)43/h8-17,19,31H,7,18H2,1-6H3/b29-16-/t31-/m1/s1. The van der Waals surface area contributed by atoms with Crippen molar-refractivity contribution in [2.24, 2.45) is 4.99 Å². The minimum atomic E-state index is -0.835. The summed E-state index contributed by atoms with van der Waals surface area (Å²) in [5.41, 5.74) is 2.25. The zero-order chi connectivity index (χ0) is 35.4. The SMILES string of the molecule is CCOC(=O)C1=C(C)N=c2s/c(=C\c3cc(I)c(OCc4cccc([N+](=O)[O-])c4)c(OC)c3)c(=O)n2[C@@H]1c1ccc(OC(C)C)c(OC)c1. The van der Waals surface area contributed by atoms with Crippen molar-refractivity contribution in [1.29, 1.82) is 0 Å². The molecular formula is C35H34IN3O9S. The van der Waals surface area contributed by atoms with Crippen LogP contribution in [0.15, 0.2) is 75.7 Å². The smallest absolute Gasteiger partial charge is 0.338 e. The molecule has 0 N–H and O–H groups in total. The van der Waals surface area contributed by atoms with Gasteiger partial charge in [0, 0.05) is 12.1 Å². The maximum atomic E-state index is 14.2. The largest absolute Gasteiger partial charge is 0.493 e. The molecule has 256 valence electrons. The number of hydrogen-bond acceptors (Lipinski definition) is 11. The number of carbonyl (C=O) groups excluding carboxylic acids is 1. The highest BCUT2D eigenvalue weighted by atomic mass is 127. The Bertz CT molecular complexity index is 2140. The summed E-state index contributed by atoms with van der Waals surface area (Å²) in [6.07, 6.45) is 1.64. The Hall–Kier alpha value is -4.70. The molecule has 1 atom stereocenters. The van der Waals surface area contributed by atoms with E-state index in [1.807, 2.05) is 19.9 Å². The van der Waals surface area contributed by atoms with Gasteiger partial charge in [0.05, 0.1) is 57.3 Å². The van der Waals surface area contributed by atoms with Gasteiger partial charge in [0.1, 0.15) is 6.61 Å². The fourth-order valence-corrected chi connectivity index (χ4v) is 7.17. The molecule has 12 nitrogen and oxygen atoms in total. The highest BCUT2D eigenvalue weighted by molar-refractivity contribution is 14.1. The number of nitro benzene ring substituents is 1. The molecule has 0 amide bonds. The molecule has 0 spiro atoms. The van der Waals surface area contributed by atoms with Crippen LogP contribution in [0.25, 0.3) is 6.08 Å². The van der Waals surface area contributed by atoms with E-state index >= 15 is 0 Å². The Balaban J connectivity index is 1.57. The zero-order valence-electron chi connectivity index (χ0n) is 27.6. The van der Waals surface area contributed by atoms with E-state index in [4.69, 9.17) is 23.7 Å². The Morgan fingerprint density at radius 3 is 2.53 bits per heavy atom. The van der Waals surface area contributed by atoms with E-state index in [0.717, 1.165) is 0 Å². The highest BCUT2D eigenvalue weighted by Crippen LogP contribution is 2.37. The van der Waals surface area contributed by atoms with Crippen LogP contribution in [0.4, 0.5) is 5.69 Å². The molecule has 3 aromatic carbocycles. The number of methoxy groups -OCH3 is 2. The number of ether oxygens (including phenoxy) is 5. The number of non-ortho nitro benzene ring substituents is 1. The van der Waals surface area contributed by atoms with Crippen LogP contribution in [0.3, 0.4) is 0 Å². The fourth-order valence-electron chi connectivity index (χ4n) is 5.34. The molecule has 0 aliphatic carbocycles. The van der Waals surface area contributed by atoms with Gasteiger partial charge in [-0.2, -0.15) is 0 Å². The molecule has 1 aliphatic rings. The van der Waals surface area contributed by atoms with E-state index in [2.05, 4.69) is 27.6 Å². The minimum absolute atomic E-state index is 0.0253. The number of aromatic nitrogens is 1. The summed E-state index contributed by atoms with van der Waals surface area (Å²) in [5.74, 6) is 1.31. The predicted octanol–water partition coefficient (Wildman–Crippen LogP) is 5.69. The van der Waals surface area contributed by atoms with Gasteiger partial charge in [-0.25, -0.2) is 9.79 Å². The molecule has 2 heterocycles. The summed E-state index contributed by atoms with van der Waals surface area (Å²) >= 11 is 3.32. The van der Waals surface area contributed by atoms with Crippen molar-refractivity contribution in [2.75, 3.05) is 20.8 Å². The maximum absolute atomic E-state index is 14.2. The van der Waals surface area contributed by atoms with E-state index in [0.29, 0.717) is 58.3 Å².